The number of hydrogen-bond donors (Lipinski definition) is 2. The van der Waals surface area contributed by atoms with Gasteiger partial charge in [0.05, 0.1) is 10.4 Å². The van der Waals surface area contributed by atoms with Crippen LogP contribution in [0.25, 0.3) is 0 Å². The van der Waals surface area contributed by atoms with Crippen molar-refractivity contribution >= 4 is 10.0 Å². The zero-order valence-electron chi connectivity index (χ0n) is 14.9. The molecule has 24 heavy (non-hydrogen) atoms. The van der Waals surface area contributed by atoms with Gasteiger partial charge in [-0.1, -0.05) is 43.2 Å². The topological polar surface area (TPSA) is 66.4 Å². The van der Waals surface area contributed by atoms with Crippen molar-refractivity contribution in [3.05, 3.63) is 41.5 Å². The zero-order chi connectivity index (χ0) is 17.8. The highest BCUT2D eigenvalue weighted by molar-refractivity contribution is 7.89. The number of hydrogen-bond acceptors (Lipinski definition) is 3. The molecule has 2 rings (SSSR count). The first-order valence-corrected chi connectivity index (χ1v) is 10.2. The van der Waals surface area contributed by atoms with E-state index in [1.807, 2.05) is 19.1 Å². The summed E-state index contributed by atoms with van der Waals surface area (Å²) in [5, 5.41) is 9.27. The molecule has 0 aromatic heterocycles. The normalized spacial score (nSPS) is 22.4. The van der Waals surface area contributed by atoms with E-state index in [1.165, 1.54) is 5.57 Å². The Labute approximate surface area is 146 Å². The first-order chi connectivity index (χ1) is 11.3. The number of rotatable bonds is 8. The number of aliphatic hydroxyl groups excluding tert-OH is 1. The minimum atomic E-state index is -3.60. The minimum Gasteiger partial charge on any atom is -0.396 e. The molecule has 1 aliphatic carbocycles. The third-order valence-electron chi connectivity index (χ3n) is 5.05. The van der Waals surface area contributed by atoms with E-state index >= 15 is 0 Å². The van der Waals surface area contributed by atoms with Crippen molar-refractivity contribution in [2.24, 2.45) is 5.92 Å². The molecule has 0 heterocycles. The number of sulfonamides is 1. The highest BCUT2D eigenvalue weighted by Gasteiger charge is 2.41. The maximum atomic E-state index is 12.9. The van der Waals surface area contributed by atoms with E-state index in [0.717, 1.165) is 24.8 Å². The third kappa shape index (κ3) is 4.08. The Morgan fingerprint density at radius 3 is 2.54 bits per heavy atom. The molecule has 0 bridgehead atoms. The van der Waals surface area contributed by atoms with Crippen LogP contribution in [-0.4, -0.2) is 25.7 Å². The van der Waals surface area contributed by atoms with Gasteiger partial charge in [-0.25, -0.2) is 13.1 Å². The highest BCUT2D eigenvalue weighted by atomic mass is 32.2. The molecule has 1 aromatic rings. The number of aliphatic hydroxyl groups is 1. The molecule has 0 saturated carbocycles. The van der Waals surface area contributed by atoms with Crippen molar-refractivity contribution in [3.8, 4) is 0 Å². The summed E-state index contributed by atoms with van der Waals surface area (Å²) in [7, 11) is -3.60. The van der Waals surface area contributed by atoms with Gasteiger partial charge < -0.3 is 5.11 Å². The summed E-state index contributed by atoms with van der Waals surface area (Å²) in [5.74, 6) is 0.326. The van der Waals surface area contributed by atoms with Gasteiger partial charge in [-0.05, 0) is 57.1 Å². The lowest BCUT2D eigenvalue weighted by molar-refractivity contribution is 0.259. The summed E-state index contributed by atoms with van der Waals surface area (Å²) >= 11 is 0. The van der Waals surface area contributed by atoms with Crippen LogP contribution < -0.4 is 4.72 Å². The van der Waals surface area contributed by atoms with Gasteiger partial charge in [-0.15, -0.1) is 0 Å². The monoisotopic (exact) mass is 351 g/mol. The van der Waals surface area contributed by atoms with Crippen LogP contribution in [0.3, 0.4) is 0 Å². The molecule has 0 amide bonds. The van der Waals surface area contributed by atoms with Gasteiger partial charge in [-0.2, -0.15) is 0 Å². The van der Waals surface area contributed by atoms with Crippen LogP contribution in [0.15, 0.2) is 40.8 Å². The molecule has 0 spiro atoms. The molecule has 134 valence electrons. The van der Waals surface area contributed by atoms with E-state index in [2.05, 4.69) is 24.6 Å². The molecular formula is C19H29NO3S. The summed E-state index contributed by atoms with van der Waals surface area (Å²) in [6.07, 6.45) is 6.01. The maximum Gasteiger partial charge on any atom is 0.241 e. The van der Waals surface area contributed by atoms with Gasteiger partial charge in [0, 0.05) is 6.61 Å². The summed E-state index contributed by atoms with van der Waals surface area (Å²) in [4.78, 5) is 0.298. The maximum absolute atomic E-state index is 12.9. The van der Waals surface area contributed by atoms with Crippen LogP contribution >= 0.6 is 0 Å². The lowest BCUT2D eigenvalue weighted by atomic mass is 9.80. The summed E-state index contributed by atoms with van der Waals surface area (Å²) in [6.45, 7) is 6.27. The summed E-state index contributed by atoms with van der Waals surface area (Å²) in [5.41, 5.74) is 1.64. The van der Waals surface area contributed by atoms with Crippen molar-refractivity contribution in [2.75, 3.05) is 6.61 Å². The summed E-state index contributed by atoms with van der Waals surface area (Å²) < 4.78 is 28.8. The molecular weight excluding hydrogens is 322 g/mol. The predicted octanol–water partition coefficient (Wildman–Crippen LogP) is 3.55. The Kier molecular flexibility index (Phi) is 6.23. The van der Waals surface area contributed by atoms with E-state index in [9.17, 15) is 13.5 Å². The van der Waals surface area contributed by atoms with Crippen molar-refractivity contribution in [2.45, 2.75) is 63.3 Å². The van der Waals surface area contributed by atoms with E-state index in [4.69, 9.17) is 0 Å². The SMILES string of the molecule is CCC(C)C1=CCCC1(CCCO)NS(=O)(=O)c1ccc(C)cc1. The Morgan fingerprint density at radius 2 is 1.96 bits per heavy atom. The molecule has 5 heteroatoms. The molecule has 1 aromatic carbocycles. The fourth-order valence-electron chi connectivity index (χ4n) is 3.55. The van der Waals surface area contributed by atoms with Crippen LogP contribution in [0.2, 0.25) is 0 Å². The molecule has 4 nitrogen and oxygen atoms in total. The van der Waals surface area contributed by atoms with Crippen molar-refractivity contribution in [1.82, 2.24) is 4.72 Å². The molecule has 2 N–H and O–H groups in total. The average molecular weight is 352 g/mol. The van der Waals surface area contributed by atoms with Crippen LogP contribution in [-0.2, 0) is 10.0 Å². The number of benzene rings is 1. The van der Waals surface area contributed by atoms with Crippen LogP contribution in [0, 0.1) is 12.8 Å². The van der Waals surface area contributed by atoms with Crippen LogP contribution in [0.4, 0.5) is 0 Å². The van der Waals surface area contributed by atoms with Crippen LogP contribution in [0.5, 0.6) is 0 Å². The lowest BCUT2D eigenvalue weighted by Gasteiger charge is -2.36. The molecule has 2 atom stereocenters. The average Bonchev–Trinajstić information content (AvgIpc) is 2.95. The van der Waals surface area contributed by atoms with Crippen molar-refractivity contribution in [3.63, 3.8) is 0 Å². The Balaban J connectivity index is 2.35. The van der Waals surface area contributed by atoms with Gasteiger partial charge >= 0.3 is 0 Å². The minimum absolute atomic E-state index is 0.0712. The smallest absolute Gasteiger partial charge is 0.241 e. The fraction of sp³-hybridized carbons (Fsp3) is 0.579. The van der Waals surface area contributed by atoms with Gasteiger partial charge in [0.25, 0.3) is 0 Å². The standard InChI is InChI=1S/C19H29NO3S/c1-4-16(3)18-7-5-12-19(18,13-6-14-21)20-24(22,23)17-10-8-15(2)9-11-17/h7-11,16,20-21H,4-6,12-14H2,1-3H3. The quantitative estimate of drug-likeness (QED) is 0.704. The van der Waals surface area contributed by atoms with Crippen molar-refractivity contribution < 1.29 is 13.5 Å². The number of nitrogens with one attached hydrogen (secondary N) is 1. The Morgan fingerprint density at radius 1 is 1.29 bits per heavy atom. The second-order valence-electron chi connectivity index (χ2n) is 6.84. The Bertz CT molecular complexity index is 679. The van der Waals surface area contributed by atoms with Gasteiger partial charge in [0.15, 0.2) is 0 Å². The molecule has 0 saturated heterocycles. The molecule has 0 aliphatic heterocycles. The molecule has 0 fully saturated rings. The Hall–Kier alpha value is -1.17. The van der Waals surface area contributed by atoms with Crippen molar-refractivity contribution in [1.29, 1.82) is 0 Å². The lowest BCUT2D eigenvalue weighted by Crippen LogP contribution is -2.49. The molecule has 2 unspecified atom stereocenters. The number of allylic oxidation sites excluding steroid dienone is 1. The van der Waals surface area contributed by atoms with E-state index in [0.29, 0.717) is 23.7 Å². The van der Waals surface area contributed by atoms with Crippen LogP contribution in [0.1, 0.15) is 51.5 Å². The second kappa shape index (κ2) is 7.81. The van der Waals surface area contributed by atoms with E-state index < -0.39 is 15.6 Å². The first kappa shape index (κ1) is 19.2. The number of aryl methyl sites for hydroxylation is 1. The summed E-state index contributed by atoms with van der Waals surface area (Å²) in [6, 6.07) is 6.93. The fourth-order valence-corrected chi connectivity index (χ4v) is 5.00. The molecule has 1 aliphatic rings. The van der Waals surface area contributed by atoms with Gasteiger partial charge in [0.2, 0.25) is 10.0 Å². The third-order valence-corrected chi connectivity index (χ3v) is 6.61. The largest absolute Gasteiger partial charge is 0.396 e. The first-order valence-electron chi connectivity index (χ1n) is 8.76. The van der Waals surface area contributed by atoms with Gasteiger partial charge in [-0.3, -0.25) is 0 Å². The second-order valence-corrected chi connectivity index (χ2v) is 8.52. The highest BCUT2D eigenvalue weighted by Crippen LogP contribution is 2.40. The van der Waals surface area contributed by atoms with E-state index in [1.54, 1.807) is 12.1 Å². The predicted molar refractivity (Wildman–Crippen MR) is 97.3 cm³/mol. The van der Waals surface area contributed by atoms with Gasteiger partial charge in [0.1, 0.15) is 0 Å². The zero-order valence-corrected chi connectivity index (χ0v) is 15.7. The molecule has 0 radical (unpaired) electrons. The van der Waals surface area contributed by atoms with E-state index in [-0.39, 0.29) is 6.61 Å².